The minimum Gasteiger partial charge on any atom is -0.345 e. The molecule has 0 spiro atoms. The molecule has 6 nitrogen and oxygen atoms in total. The number of thiazole rings is 1. The minimum atomic E-state index is -0.295. The first kappa shape index (κ1) is 17.8. The number of hydrogen-bond acceptors (Lipinski definition) is 5. The summed E-state index contributed by atoms with van der Waals surface area (Å²) in [6.07, 6.45) is 2.70. The molecule has 2 heterocycles. The molecule has 0 atom stereocenters. The fourth-order valence-electron chi connectivity index (χ4n) is 2.28. The van der Waals surface area contributed by atoms with Crippen LogP contribution in [0.3, 0.4) is 0 Å². The topological polar surface area (TPSA) is 84.0 Å². The number of amides is 2. The van der Waals surface area contributed by atoms with Crippen LogP contribution in [-0.2, 0) is 17.8 Å². The van der Waals surface area contributed by atoms with Crippen molar-refractivity contribution in [2.24, 2.45) is 0 Å². The van der Waals surface area contributed by atoms with Gasteiger partial charge in [-0.2, -0.15) is 0 Å². The zero-order valence-electron chi connectivity index (χ0n) is 14.0. The maximum absolute atomic E-state index is 12.1. The van der Waals surface area contributed by atoms with Gasteiger partial charge in [0, 0.05) is 18.0 Å². The zero-order valence-corrected chi connectivity index (χ0v) is 14.8. The van der Waals surface area contributed by atoms with E-state index in [2.05, 4.69) is 20.6 Å². The van der Waals surface area contributed by atoms with Gasteiger partial charge in [-0.05, 0) is 24.1 Å². The van der Waals surface area contributed by atoms with Crippen molar-refractivity contribution in [2.45, 2.75) is 19.4 Å². The Bertz CT molecular complexity index is 866. The Morgan fingerprint density at radius 3 is 2.62 bits per heavy atom. The van der Waals surface area contributed by atoms with Crippen molar-refractivity contribution in [2.75, 3.05) is 5.32 Å². The first-order valence-corrected chi connectivity index (χ1v) is 9.06. The smallest absolute Gasteiger partial charge is 0.271 e. The molecule has 0 saturated heterocycles. The summed E-state index contributed by atoms with van der Waals surface area (Å²) in [7, 11) is 0. The number of carbonyl (C=O) groups is 2. The second-order valence-electron chi connectivity index (χ2n) is 5.58. The quantitative estimate of drug-likeness (QED) is 0.673. The van der Waals surface area contributed by atoms with Crippen molar-refractivity contribution in [1.82, 2.24) is 15.3 Å². The fraction of sp³-hybridized carbons (Fsp3) is 0.158. The highest BCUT2D eigenvalue weighted by Crippen LogP contribution is 2.16. The molecule has 2 amide bonds. The molecule has 2 aromatic heterocycles. The normalized spacial score (nSPS) is 10.3. The first-order chi connectivity index (χ1) is 12.7. The molecule has 0 bridgehead atoms. The van der Waals surface area contributed by atoms with Crippen LogP contribution in [0.5, 0.6) is 0 Å². The Morgan fingerprint density at radius 2 is 1.85 bits per heavy atom. The van der Waals surface area contributed by atoms with E-state index in [0.717, 1.165) is 11.3 Å². The summed E-state index contributed by atoms with van der Waals surface area (Å²) in [5.74, 6) is -0.416. The predicted molar refractivity (Wildman–Crippen MR) is 101 cm³/mol. The highest BCUT2D eigenvalue weighted by atomic mass is 32.1. The van der Waals surface area contributed by atoms with Crippen molar-refractivity contribution in [3.05, 3.63) is 77.1 Å². The third-order valence-corrected chi connectivity index (χ3v) is 4.38. The van der Waals surface area contributed by atoms with Gasteiger partial charge in [0.2, 0.25) is 5.91 Å². The summed E-state index contributed by atoms with van der Waals surface area (Å²) in [6, 6.07) is 15.3. The maximum Gasteiger partial charge on any atom is 0.271 e. The number of nitrogens with zero attached hydrogens (tertiary/aromatic N) is 2. The van der Waals surface area contributed by atoms with E-state index < -0.39 is 0 Å². The van der Waals surface area contributed by atoms with Crippen LogP contribution in [0.2, 0.25) is 0 Å². The molecule has 26 heavy (non-hydrogen) atoms. The third kappa shape index (κ3) is 5.22. The van der Waals surface area contributed by atoms with E-state index in [4.69, 9.17) is 0 Å². The van der Waals surface area contributed by atoms with E-state index in [9.17, 15) is 9.59 Å². The molecule has 0 saturated carbocycles. The summed E-state index contributed by atoms with van der Waals surface area (Å²) in [5.41, 5.74) is 2.16. The molecular formula is C19H18N4O2S. The average molecular weight is 366 g/mol. The zero-order chi connectivity index (χ0) is 18.2. The van der Waals surface area contributed by atoms with E-state index >= 15 is 0 Å². The van der Waals surface area contributed by atoms with Crippen LogP contribution in [0.4, 0.5) is 5.13 Å². The van der Waals surface area contributed by atoms with Crippen LogP contribution in [-0.4, -0.2) is 21.8 Å². The molecule has 3 rings (SSSR count). The summed E-state index contributed by atoms with van der Waals surface area (Å²) >= 11 is 1.23. The fourth-order valence-corrected chi connectivity index (χ4v) is 2.99. The Labute approximate surface area is 155 Å². The molecule has 0 aliphatic heterocycles. The SMILES string of the molecule is O=C(CCc1ccccc1)Nc1nc(C(=O)NCc2ccccn2)cs1. The lowest BCUT2D eigenvalue weighted by molar-refractivity contribution is -0.116. The second kappa shape index (κ2) is 8.87. The van der Waals surface area contributed by atoms with Gasteiger partial charge >= 0.3 is 0 Å². The van der Waals surface area contributed by atoms with E-state index in [-0.39, 0.29) is 17.5 Å². The van der Waals surface area contributed by atoms with Gasteiger partial charge in [-0.15, -0.1) is 11.3 Å². The number of nitrogens with one attached hydrogen (secondary N) is 2. The average Bonchev–Trinajstić information content (AvgIpc) is 3.14. The number of rotatable bonds is 7. The summed E-state index contributed by atoms with van der Waals surface area (Å²) in [6.45, 7) is 0.329. The Kier molecular flexibility index (Phi) is 6.05. The molecule has 2 N–H and O–H groups in total. The van der Waals surface area contributed by atoms with Crippen LogP contribution in [0.1, 0.15) is 28.2 Å². The van der Waals surface area contributed by atoms with Gasteiger partial charge in [0.1, 0.15) is 5.69 Å². The second-order valence-corrected chi connectivity index (χ2v) is 6.43. The van der Waals surface area contributed by atoms with Crippen molar-refractivity contribution in [1.29, 1.82) is 0 Å². The van der Waals surface area contributed by atoms with Crippen molar-refractivity contribution >= 4 is 28.3 Å². The molecular weight excluding hydrogens is 348 g/mol. The molecule has 0 unspecified atom stereocenters. The molecule has 0 radical (unpaired) electrons. The lowest BCUT2D eigenvalue weighted by Gasteiger charge is -2.03. The highest BCUT2D eigenvalue weighted by Gasteiger charge is 2.12. The third-order valence-electron chi connectivity index (χ3n) is 3.62. The Morgan fingerprint density at radius 1 is 1.04 bits per heavy atom. The van der Waals surface area contributed by atoms with Gasteiger partial charge < -0.3 is 10.6 Å². The van der Waals surface area contributed by atoms with Crippen molar-refractivity contribution in [3.8, 4) is 0 Å². The molecule has 7 heteroatoms. The summed E-state index contributed by atoms with van der Waals surface area (Å²) in [5, 5.41) is 7.54. The number of hydrogen-bond donors (Lipinski definition) is 2. The summed E-state index contributed by atoms with van der Waals surface area (Å²) in [4.78, 5) is 32.5. The number of aryl methyl sites for hydroxylation is 1. The van der Waals surface area contributed by atoms with E-state index in [1.54, 1.807) is 11.6 Å². The summed E-state index contributed by atoms with van der Waals surface area (Å²) < 4.78 is 0. The van der Waals surface area contributed by atoms with Crippen LogP contribution in [0.15, 0.2) is 60.1 Å². The molecule has 3 aromatic rings. The highest BCUT2D eigenvalue weighted by molar-refractivity contribution is 7.14. The predicted octanol–water partition coefficient (Wildman–Crippen LogP) is 3.04. The molecule has 0 aliphatic rings. The maximum atomic E-state index is 12.1. The van der Waals surface area contributed by atoms with Gasteiger partial charge in [0.05, 0.1) is 12.2 Å². The van der Waals surface area contributed by atoms with Crippen LogP contribution in [0, 0.1) is 0 Å². The molecule has 0 aliphatic carbocycles. The minimum absolute atomic E-state index is 0.122. The molecule has 1 aromatic carbocycles. The molecule has 132 valence electrons. The first-order valence-electron chi connectivity index (χ1n) is 8.18. The number of pyridine rings is 1. The van der Waals surface area contributed by atoms with E-state index in [1.165, 1.54) is 11.3 Å². The van der Waals surface area contributed by atoms with Gasteiger partial charge in [0.25, 0.3) is 5.91 Å². The number of aromatic nitrogens is 2. The Balaban J connectivity index is 1.47. The van der Waals surface area contributed by atoms with E-state index in [1.807, 2.05) is 48.5 Å². The van der Waals surface area contributed by atoms with Crippen LogP contribution < -0.4 is 10.6 Å². The largest absolute Gasteiger partial charge is 0.345 e. The van der Waals surface area contributed by atoms with Crippen molar-refractivity contribution in [3.63, 3.8) is 0 Å². The standard InChI is InChI=1S/C19H18N4O2S/c24-17(10-9-14-6-2-1-3-7-14)23-19-22-16(13-26-19)18(25)21-12-15-8-4-5-11-20-15/h1-8,11,13H,9-10,12H2,(H,21,25)(H,22,23,24). The monoisotopic (exact) mass is 366 g/mol. The van der Waals surface area contributed by atoms with Gasteiger partial charge in [-0.1, -0.05) is 36.4 Å². The number of anilines is 1. The lowest BCUT2D eigenvalue weighted by Crippen LogP contribution is -2.23. The van der Waals surface area contributed by atoms with Gasteiger partial charge in [-0.3, -0.25) is 14.6 Å². The number of carbonyl (C=O) groups excluding carboxylic acids is 2. The Hall–Kier alpha value is -3.06. The van der Waals surface area contributed by atoms with Crippen molar-refractivity contribution < 1.29 is 9.59 Å². The van der Waals surface area contributed by atoms with Gasteiger partial charge in [-0.25, -0.2) is 4.98 Å². The van der Waals surface area contributed by atoms with Crippen LogP contribution in [0.25, 0.3) is 0 Å². The van der Waals surface area contributed by atoms with E-state index in [0.29, 0.717) is 24.5 Å². The number of benzene rings is 1. The van der Waals surface area contributed by atoms with Crippen LogP contribution >= 0.6 is 11.3 Å². The lowest BCUT2D eigenvalue weighted by atomic mass is 10.1. The van der Waals surface area contributed by atoms with Gasteiger partial charge in [0.15, 0.2) is 5.13 Å². The molecule has 0 fully saturated rings.